The molecule has 5 nitrogen and oxygen atoms in total. The molecule has 0 aromatic heterocycles. The molecule has 2 aromatic rings. The topological polar surface area (TPSA) is 46.2 Å². The van der Waals surface area contributed by atoms with E-state index >= 15 is 0 Å². The van der Waals surface area contributed by atoms with Crippen molar-refractivity contribution in [1.29, 1.82) is 0 Å². The van der Waals surface area contributed by atoms with Gasteiger partial charge in [-0.2, -0.15) is 0 Å². The van der Waals surface area contributed by atoms with Crippen molar-refractivity contribution in [3.8, 4) is 0 Å². The third kappa shape index (κ3) is 2.46. The summed E-state index contributed by atoms with van der Waals surface area (Å²) in [5.41, 5.74) is 1.98. The van der Waals surface area contributed by atoms with Crippen molar-refractivity contribution >= 4 is 0 Å². The Kier molecular flexibility index (Phi) is 3.61. The van der Waals surface area contributed by atoms with Crippen LogP contribution in [0.15, 0.2) is 60.7 Å². The zero-order valence-corrected chi connectivity index (χ0v) is 13.0. The predicted octanol–water partition coefficient (Wildman–Crippen LogP) is 2.94. The van der Waals surface area contributed by atoms with E-state index in [2.05, 4.69) is 0 Å². The lowest BCUT2D eigenvalue weighted by Gasteiger charge is -2.33. The summed E-state index contributed by atoms with van der Waals surface area (Å²) < 4.78 is 29.9. The lowest BCUT2D eigenvalue weighted by molar-refractivity contribution is -0.273. The van der Waals surface area contributed by atoms with Crippen molar-refractivity contribution in [3.05, 3.63) is 71.8 Å². The monoisotopic (exact) mass is 326 g/mol. The van der Waals surface area contributed by atoms with Crippen molar-refractivity contribution in [1.82, 2.24) is 0 Å². The molecule has 3 aliphatic heterocycles. The molecule has 0 aliphatic carbocycles. The number of hydrogen-bond donors (Lipinski definition) is 0. The van der Waals surface area contributed by atoms with Gasteiger partial charge in [0, 0.05) is 11.1 Å². The van der Waals surface area contributed by atoms with Crippen molar-refractivity contribution in [2.45, 2.75) is 37.2 Å². The summed E-state index contributed by atoms with van der Waals surface area (Å²) in [6.45, 7) is 0.472. The highest BCUT2D eigenvalue weighted by molar-refractivity contribution is 5.18. The minimum atomic E-state index is -0.414. The fourth-order valence-electron chi connectivity index (χ4n) is 3.46. The maximum absolute atomic E-state index is 6.14. The van der Waals surface area contributed by atoms with Gasteiger partial charge in [0.2, 0.25) is 0 Å². The number of rotatable bonds is 2. The van der Waals surface area contributed by atoms with E-state index in [0.717, 1.165) is 11.1 Å². The van der Waals surface area contributed by atoms with Gasteiger partial charge >= 0.3 is 0 Å². The molecule has 0 saturated carbocycles. The van der Waals surface area contributed by atoms with Crippen LogP contribution in [0.5, 0.6) is 0 Å². The van der Waals surface area contributed by atoms with Gasteiger partial charge in [0.05, 0.1) is 6.61 Å². The Hall–Kier alpha value is -1.76. The van der Waals surface area contributed by atoms with Crippen LogP contribution in [0.4, 0.5) is 0 Å². The molecule has 3 heterocycles. The molecule has 3 fully saturated rings. The molecule has 24 heavy (non-hydrogen) atoms. The zero-order chi connectivity index (χ0) is 15.9. The van der Waals surface area contributed by atoms with Crippen molar-refractivity contribution < 1.29 is 23.7 Å². The zero-order valence-electron chi connectivity index (χ0n) is 13.0. The van der Waals surface area contributed by atoms with E-state index in [1.807, 2.05) is 60.7 Å². The van der Waals surface area contributed by atoms with Crippen LogP contribution in [-0.2, 0) is 23.7 Å². The minimum Gasteiger partial charge on any atom is -0.346 e. The van der Waals surface area contributed by atoms with Crippen LogP contribution < -0.4 is 0 Å². The average Bonchev–Trinajstić information content (AvgIpc) is 3.21. The van der Waals surface area contributed by atoms with Crippen LogP contribution in [0.2, 0.25) is 0 Å². The van der Waals surface area contributed by atoms with Crippen LogP contribution in [-0.4, -0.2) is 31.2 Å². The summed E-state index contributed by atoms with van der Waals surface area (Å²) in [4.78, 5) is 0. The molecule has 6 atom stereocenters. The molecule has 0 N–H and O–H groups in total. The number of benzene rings is 2. The highest BCUT2D eigenvalue weighted by Crippen LogP contribution is 2.43. The van der Waals surface area contributed by atoms with Crippen LogP contribution in [0, 0.1) is 0 Å². The van der Waals surface area contributed by atoms with Crippen LogP contribution in [0.1, 0.15) is 23.7 Å². The molecule has 3 aliphatic rings. The fourth-order valence-corrected chi connectivity index (χ4v) is 3.46. The summed E-state index contributed by atoms with van der Waals surface area (Å²) in [7, 11) is 0. The van der Waals surface area contributed by atoms with Gasteiger partial charge in [-0.25, -0.2) is 0 Å². The molecule has 0 radical (unpaired) electrons. The highest BCUT2D eigenvalue weighted by atomic mass is 16.8. The Labute approximate surface area is 140 Å². The van der Waals surface area contributed by atoms with Gasteiger partial charge in [-0.3, -0.25) is 0 Å². The molecule has 3 saturated heterocycles. The van der Waals surface area contributed by atoms with Crippen LogP contribution in [0.3, 0.4) is 0 Å². The number of hydrogen-bond acceptors (Lipinski definition) is 5. The van der Waals surface area contributed by atoms with E-state index in [-0.39, 0.29) is 18.3 Å². The van der Waals surface area contributed by atoms with Gasteiger partial charge in [0.25, 0.3) is 0 Å². The lowest BCUT2D eigenvalue weighted by atomic mass is 10.1. The molecule has 0 spiro atoms. The summed E-state index contributed by atoms with van der Waals surface area (Å²) in [6.07, 6.45) is -1.81. The maximum Gasteiger partial charge on any atom is 0.190 e. The van der Waals surface area contributed by atoms with E-state index < -0.39 is 18.9 Å². The number of ether oxygens (including phenoxy) is 5. The number of fused-ring (bicyclic) bond motifs is 3. The average molecular weight is 326 g/mol. The predicted molar refractivity (Wildman–Crippen MR) is 83.8 cm³/mol. The second kappa shape index (κ2) is 5.95. The summed E-state index contributed by atoms with van der Waals surface area (Å²) in [6, 6.07) is 19.8. The third-order valence-corrected chi connectivity index (χ3v) is 4.64. The maximum atomic E-state index is 6.14. The Morgan fingerprint density at radius 3 is 1.96 bits per heavy atom. The van der Waals surface area contributed by atoms with Gasteiger partial charge in [0.1, 0.15) is 18.3 Å². The van der Waals surface area contributed by atoms with E-state index in [1.165, 1.54) is 0 Å². The summed E-state index contributed by atoms with van der Waals surface area (Å²) in [5.74, 6) is 0. The van der Waals surface area contributed by atoms with E-state index in [4.69, 9.17) is 23.7 Å². The van der Waals surface area contributed by atoms with Gasteiger partial charge in [0.15, 0.2) is 18.9 Å². The Balaban J connectivity index is 1.33. The highest BCUT2D eigenvalue weighted by Gasteiger charge is 2.55. The Morgan fingerprint density at radius 2 is 1.25 bits per heavy atom. The van der Waals surface area contributed by atoms with Crippen molar-refractivity contribution in [2.75, 3.05) is 6.61 Å². The van der Waals surface area contributed by atoms with Crippen LogP contribution >= 0.6 is 0 Å². The molecule has 2 aromatic carbocycles. The largest absolute Gasteiger partial charge is 0.346 e. The lowest BCUT2D eigenvalue weighted by Crippen LogP contribution is -2.43. The standard InChI is InChI=1S/C19H18O5/c1-3-7-12(8-4-1)17-20-11-14-15(22-17)16-19(21-14)24-18(23-16)13-9-5-2-6-10-13/h1-10,14-19H,11H2/t14?,15-,16+,17?,18?,19+/m0/s1. The van der Waals surface area contributed by atoms with Gasteiger partial charge in [-0.05, 0) is 0 Å². The first-order valence-corrected chi connectivity index (χ1v) is 8.22. The second-order valence-electron chi connectivity index (χ2n) is 6.20. The van der Waals surface area contributed by atoms with Crippen molar-refractivity contribution in [2.24, 2.45) is 0 Å². The first-order chi connectivity index (χ1) is 11.9. The minimum absolute atomic E-state index is 0.156. The molecule has 0 amide bonds. The third-order valence-electron chi connectivity index (χ3n) is 4.64. The van der Waals surface area contributed by atoms with Crippen molar-refractivity contribution in [3.63, 3.8) is 0 Å². The fraction of sp³-hybridized carbons (Fsp3) is 0.368. The molecular formula is C19H18O5. The van der Waals surface area contributed by atoms with E-state index in [0.29, 0.717) is 6.61 Å². The molecule has 5 rings (SSSR count). The first kappa shape index (κ1) is 14.6. The van der Waals surface area contributed by atoms with Gasteiger partial charge in [-0.15, -0.1) is 0 Å². The Morgan fingerprint density at radius 1 is 0.625 bits per heavy atom. The molecule has 0 bridgehead atoms. The van der Waals surface area contributed by atoms with E-state index in [9.17, 15) is 0 Å². The molecule has 124 valence electrons. The quantitative estimate of drug-likeness (QED) is 0.849. The van der Waals surface area contributed by atoms with E-state index in [1.54, 1.807) is 0 Å². The molecule has 5 heteroatoms. The molecule has 3 unspecified atom stereocenters. The summed E-state index contributed by atoms with van der Waals surface area (Å²) in [5, 5.41) is 0. The SMILES string of the molecule is c1ccc(C2O[C@H]3OC4COC(c5ccccc5)O[C@@H]4[C@H]3O2)cc1. The molecular weight excluding hydrogens is 308 g/mol. The normalized spacial score (nSPS) is 37.8. The van der Waals surface area contributed by atoms with Gasteiger partial charge < -0.3 is 23.7 Å². The first-order valence-electron chi connectivity index (χ1n) is 8.22. The van der Waals surface area contributed by atoms with Gasteiger partial charge in [-0.1, -0.05) is 60.7 Å². The second-order valence-corrected chi connectivity index (χ2v) is 6.20. The Bertz CT molecular complexity index is 691. The smallest absolute Gasteiger partial charge is 0.190 e. The summed E-state index contributed by atoms with van der Waals surface area (Å²) >= 11 is 0. The van der Waals surface area contributed by atoms with Crippen LogP contribution in [0.25, 0.3) is 0 Å².